The molecule has 2 aliphatic heterocycles. The Morgan fingerprint density at radius 3 is 2.50 bits per heavy atom. The van der Waals surface area contributed by atoms with Gasteiger partial charge in [0.05, 0.1) is 0 Å². The molecule has 0 aromatic carbocycles. The van der Waals surface area contributed by atoms with E-state index in [-0.39, 0.29) is 16.9 Å². The maximum atomic E-state index is 11.3. The Bertz CT molecular complexity index is 274. The lowest BCUT2D eigenvalue weighted by molar-refractivity contribution is -0.119. The molecule has 4 heteroatoms. The van der Waals surface area contributed by atoms with Crippen LogP contribution in [0.4, 0.5) is 0 Å². The highest BCUT2D eigenvalue weighted by molar-refractivity contribution is 5.79. The number of rotatable bonds is 2. The van der Waals surface area contributed by atoms with Gasteiger partial charge in [0.2, 0.25) is 5.91 Å². The molecular formula is C12H23N3O. The summed E-state index contributed by atoms with van der Waals surface area (Å²) >= 11 is 0. The molecule has 0 unspecified atom stereocenters. The quantitative estimate of drug-likeness (QED) is 0.712. The molecule has 2 heterocycles. The molecule has 0 atom stereocenters. The molecule has 4 nitrogen and oxygen atoms in total. The van der Waals surface area contributed by atoms with Gasteiger partial charge in [-0.15, -0.1) is 0 Å². The molecule has 1 spiro atoms. The number of nitrogens with two attached hydrogens (primary N) is 1. The van der Waals surface area contributed by atoms with Crippen molar-refractivity contribution in [3.05, 3.63) is 0 Å². The van der Waals surface area contributed by atoms with E-state index >= 15 is 0 Å². The van der Waals surface area contributed by atoms with E-state index in [0.29, 0.717) is 0 Å². The number of hydrogen-bond donors (Lipinski definition) is 2. The van der Waals surface area contributed by atoms with E-state index < -0.39 is 0 Å². The van der Waals surface area contributed by atoms with Crippen LogP contribution in [-0.2, 0) is 4.79 Å². The standard InChI is InChI=1S/C12H23N3O/c1-11(2,13)9-15-5-3-12(4-6-15)7-10(16)14-8-12/h3-9,13H2,1-2H3,(H,14,16). The lowest BCUT2D eigenvalue weighted by Crippen LogP contribution is -2.50. The summed E-state index contributed by atoms with van der Waals surface area (Å²) in [6, 6.07) is 0. The fraction of sp³-hybridized carbons (Fsp3) is 0.917. The largest absolute Gasteiger partial charge is 0.356 e. The molecule has 0 bridgehead atoms. The average Bonchev–Trinajstić information content (AvgIpc) is 2.51. The minimum Gasteiger partial charge on any atom is -0.356 e. The van der Waals surface area contributed by atoms with Crippen molar-refractivity contribution >= 4 is 5.91 Å². The average molecular weight is 225 g/mol. The highest BCUT2D eigenvalue weighted by atomic mass is 16.1. The van der Waals surface area contributed by atoms with Crippen molar-refractivity contribution in [1.29, 1.82) is 0 Å². The van der Waals surface area contributed by atoms with E-state index in [0.717, 1.165) is 45.4 Å². The highest BCUT2D eigenvalue weighted by Gasteiger charge is 2.41. The third-order valence-electron chi connectivity index (χ3n) is 3.74. The van der Waals surface area contributed by atoms with E-state index in [9.17, 15) is 4.79 Å². The molecular weight excluding hydrogens is 202 g/mol. The van der Waals surface area contributed by atoms with Crippen molar-refractivity contribution in [3.8, 4) is 0 Å². The molecule has 0 aromatic rings. The normalized spacial score (nSPS) is 26.1. The predicted molar refractivity (Wildman–Crippen MR) is 64.0 cm³/mol. The summed E-state index contributed by atoms with van der Waals surface area (Å²) in [6.45, 7) is 8.12. The van der Waals surface area contributed by atoms with E-state index in [1.807, 2.05) is 0 Å². The van der Waals surface area contributed by atoms with Crippen LogP contribution in [0.3, 0.4) is 0 Å². The molecule has 0 aliphatic carbocycles. The first-order chi connectivity index (χ1) is 7.39. The summed E-state index contributed by atoms with van der Waals surface area (Å²) in [6.07, 6.45) is 2.98. The van der Waals surface area contributed by atoms with Gasteiger partial charge in [-0.3, -0.25) is 4.79 Å². The van der Waals surface area contributed by atoms with Crippen LogP contribution in [0.1, 0.15) is 33.1 Å². The zero-order valence-electron chi connectivity index (χ0n) is 10.4. The SMILES string of the molecule is CC(C)(N)CN1CCC2(CC1)CNC(=O)C2. The van der Waals surface area contributed by atoms with Gasteiger partial charge < -0.3 is 16.0 Å². The van der Waals surface area contributed by atoms with Crippen molar-refractivity contribution in [2.24, 2.45) is 11.1 Å². The summed E-state index contributed by atoms with van der Waals surface area (Å²) in [4.78, 5) is 13.7. The first-order valence-corrected chi connectivity index (χ1v) is 6.17. The van der Waals surface area contributed by atoms with Gasteiger partial charge in [0, 0.05) is 25.0 Å². The molecule has 2 rings (SSSR count). The molecule has 2 aliphatic rings. The molecule has 92 valence electrons. The van der Waals surface area contributed by atoms with E-state index in [2.05, 4.69) is 24.1 Å². The summed E-state index contributed by atoms with van der Waals surface area (Å²) in [5.41, 5.74) is 6.16. The van der Waals surface area contributed by atoms with Gasteiger partial charge >= 0.3 is 0 Å². The number of amides is 1. The van der Waals surface area contributed by atoms with Crippen LogP contribution < -0.4 is 11.1 Å². The molecule has 2 saturated heterocycles. The Hall–Kier alpha value is -0.610. The van der Waals surface area contributed by atoms with Crippen LogP contribution in [0.15, 0.2) is 0 Å². The first-order valence-electron chi connectivity index (χ1n) is 6.17. The van der Waals surface area contributed by atoms with Crippen LogP contribution in [0.2, 0.25) is 0 Å². The second-order valence-electron chi connectivity index (χ2n) is 6.22. The van der Waals surface area contributed by atoms with Crippen molar-refractivity contribution in [1.82, 2.24) is 10.2 Å². The number of hydrogen-bond acceptors (Lipinski definition) is 3. The molecule has 3 N–H and O–H groups in total. The fourth-order valence-electron chi connectivity index (χ4n) is 2.87. The van der Waals surface area contributed by atoms with Crippen LogP contribution in [0.5, 0.6) is 0 Å². The van der Waals surface area contributed by atoms with Gasteiger partial charge in [-0.05, 0) is 45.2 Å². The van der Waals surface area contributed by atoms with Gasteiger partial charge in [-0.1, -0.05) is 0 Å². The van der Waals surface area contributed by atoms with E-state index in [1.165, 1.54) is 0 Å². The summed E-state index contributed by atoms with van der Waals surface area (Å²) in [5.74, 6) is 0.229. The van der Waals surface area contributed by atoms with Crippen molar-refractivity contribution < 1.29 is 4.79 Å². The molecule has 0 radical (unpaired) electrons. The zero-order valence-corrected chi connectivity index (χ0v) is 10.4. The molecule has 16 heavy (non-hydrogen) atoms. The second kappa shape index (κ2) is 4.00. The molecule has 0 aromatic heterocycles. The first kappa shape index (κ1) is 11.9. The van der Waals surface area contributed by atoms with Crippen molar-refractivity contribution in [3.63, 3.8) is 0 Å². The Labute approximate surface area is 97.6 Å². The number of nitrogens with zero attached hydrogens (tertiary/aromatic N) is 1. The number of piperidine rings is 1. The maximum Gasteiger partial charge on any atom is 0.220 e. The lowest BCUT2D eigenvalue weighted by atomic mass is 9.77. The maximum absolute atomic E-state index is 11.3. The topological polar surface area (TPSA) is 58.4 Å². The van der Waals surface area contributed by atoms with Gasteiger partial charge in [-0.2, -0.15) is 0 Å². The number of likely N-dealkylation sites (tertiary alicyclic amines) is 1. The number of carbonyl (C=O) groups is 1. The van der Waals surface area contributed by atoms with E-state index in [4.69, 9.17) is 5.73 Å². The summed E-state index contributed by atoms with van der Waals surface area (Å²) < 4.78 is 0. The Kier molecular flexibility index (Phi) is 2.97. The zero-order chi connectivity index (χ0) is 11.8. The predicted octanol–water partition coefficient (Wildman–Crippen LogP) is 0.326. The monoisotopic (exact) mass is 225 g/mol. The van der Waals surface area contributed by atoms with E-state index in [1.54, 1.807) is 0 Å². The van der Waals surface area contributed by atoms with Gasteiger partial charge in [0.25, 0.3) is 0 Å². The third kappa shape index (κ3) is 2.74. The molecule has 1 amide bonds. The molecule has 0 saturated carbocycles. The van der Waals surface area contributed by atoms with Crippen LogP contribution >= 0.6 is 0 Å². The summed E-state index contributed by atoms with van der Waals surface area (Å²) in [5, 5.41) is 2.96. The summed E-state index contributed by atoms with van der Waals surface area (Å²) in [7, 11) is 0. The lowest BCUT2D eigenvalue weighted by Gasteiger charge is -2.40. The minimum absolute atomic E-state index is 0.117. The number of nitrogens with one attached hydrogen (secondary N) is 1. The minimum atomic E-state index is -0.117. The number of carbonyl (C=O) groups excluding carboxylic acids is 1. The van der Waals surface area contributed by atoms with Crippen LogP contribution in [-0.4, -0.2) is 42.5 Å². The molecule has 2 fully saturated rings. The Morgan fingerprint density at radius 2 is 2.06 bits per heavy atom. The van der Waals surface area contributed by atoms with Gasteiger partial charge in [0.1, 0.15) is 0 Å². The smallest absolute Gasteiger partial charge is 0.220 e. The van der Waals surface area contributed by atoms with Crippen LogP contribution in [0, 0.1) is 5.41 Å². The third-order valence-corrected chi connectivity index (χ3v) is 3.74. The van der Waals surface area contributed by atoms with Gasteiger partial charge in [-0.25, -0.2) is 0 Å². The van der Waals surface area contributed by atoms with Crippen LogP contribution in [0.25, 0.3) is 0 Å². The fourth-order valence-corrected chi connectivity index (χ4v) is 2.87. The highest BCUT2D eigenvalue weighted by Crippen LogP contribution is 2.37. The van der Waals surface area contributed by atoms with Crippen molar-refractivity contribution in [2.75, 3.05) is 26.2 Å². The Morgan fingerprint density at radius 1 is 1.44 bits per heavy atom. The second-order valence-corrected chi connectivity index (χ2v) is 6.22. The van der Waals surface area contributed by atoms with Crippen molar-refractivity contribution in [2.45, 2.75) is 38.6 Å². The Balaban J connectivity index is 1.85. The van der Waals surface area contributed by atoms with Gasteiger partial charge in [0.15, 0.2) is 0 Å².